The first-order valence-electron chi connectivity index (χ1n) is 10.3. The number of aryl methyl sites for hydroxylation is 1. The third-order valence-corrected chi connectivity index (χ3v) is 5.37. The molecule has 3 amide bonds. The molecular formula is C23H21F3N6O2S. The van der Waals surface area contributed by atoms with Crippen LogP contribution in [0.5, 0.6) is 0 Å². The van der Waals surface area contributed by atoms with E-state index in [1.807, 2.05) is 6.92 Å². The van der Waals surface area contributed by atoms with E-state index in [1.165, 1.54) is 23.6 Å². The van der Waals surface area contributed by atoms with Gasteiger partial charge >= 0.3 is 12.2 Å². The smallest absolute Gasteiger partial charge is 0.338 e. The molecule has 2 heterocycles. The number of hydrogen-bond acceptors (Lipinski definition) is 6. The lowest BCUT2D eigenvalue weighted by atomic mass is 10.0. The summed E-state index contributed by atoms with van der Waals surface area (Å²) >= 11 is 1.18. The summed E-state index contributed by atoms with van der Waals surface area (Å²) in [7, 11) is 0. The van der Waals surface area contributed by atoms with E-state index < -0.39 is 23.7 Å². The van der Waals surface area contributed by atoms with Crippen molar-refractivity contribution in [3.05, 3.63) is 69.9 Å². The van der Waals surface area contributed by atoms with Crippen LogP contribution in [0.3, 0.4) is 0 Å². The lowest BCUT2D eigenvalue weighted by molar-refractivity contribution is -0.137. The molecule has 1 aromatic carbocycles. The number of urea groups is 1. The van der Waals surface area contributed by atoms with E-state index in [-0.39, 0.29) is 11.4 Å². The largest absolute Gasteiger partial charge is 0.416 e. The van der Waals surface area contributed by atoms with E-state index >= 15 is 0 Å². The van der Waals surface area contributed by atoms with Crippen molar-refractivity contribution in [1.29, 1.82) is 0 Å². The highest BCUT2D eigenvalue weighted by molar-refractivity contribution is 7.16. The Labute approximate surface area is 203 Å². The third kappa shape index (κ3) is 7.53. The summed E-state index contributed by atoms with van der Waals surface area (Å²) in [6.07, 6.45) is -1.39. The molecule has 8 nitrogen and oxygen atoms in total. The molecular weight excluding hydrogens is 481 g/mol. The number of nitrogens with zero attached hydrogens (tertiary/aromatic N) is 2. The second kappa shape index (κ2) is 11.5. The number of anilines is 2. The van der Waals surface area contributed by atoms with Gasteiger partial charge in [0.05, 0.1) is 16.6 Å². The Hall–Kier alpha value is -3.95. The zero-order chi connectivity index (χ0) is 25.4. The highest BCUT2D eigenvalue weighted by Gasteiger charge is 2.30. The number of thiazole rings is 1. The summed E-state index contributed by atoms with van der Waals surface area (Å²) in [6.45, 7) is 2.74. The van der Waals surface area contributed by atoms with Crippen molar-refractivity contribution in [1.82, 2.24) is 15.3 Å². The van der Waals surface area contributed by atoms with Crippen molar-refractivity contribution in [3.63, 3.8) is 0 Å². The van der Waals surface area contributed by atoms with Gasteiger partial charge in [0.2, 0.25) is 0 Å². The second-order valence-corrected chi connectivity index (χ2v) is 8.24. The third-order valence-electron chi connectivity index (χ3n) is 4.54. The number of aromatic nitrogens is 2. The minimum absolute atomic E-state index is 0.208. The fraction of sp³-hybridized carbons (Fsp3) is 0.217. The molecule has 0 fully saturated rings. The molecule has 3 rings (SSSR count). The molecule has 0 saturated heterocycles. The normalized spacial score (nSPS) is 10.8. The van der Waals surface area contributed by atoms with Crippen LogP contribution in [-0.4, -0.2) is 35.0 Å². The van der Waals surface area contributed by atoms with Gasteiger partial charge in [0.15, 0.2) is 5.13 Å². The molecule has 0 saturated carbocycles. The molecule has 5 N–H and O–H groups in total. The van der Waals surface area contributed by atoms with E-state index in [1.54, 1.807) is 12.1 Å². The van der Waals surface area contributed by atoms with Crippen molar-refractivity contribution in [2.75, 3.05) is 23.7 Å². The number of hydrogen-bond donors (Lipinski definition) is 4. The quantitative estimate of drug-likeness (QED) is 0.300. The number of carbonyl (C=O) groups is 2. The van der Waals surface area contributed by atoms with Crippen molar-refractivity contribution >= 4 is 34.2 Å². The molecule has 2 aromatic heterocycles. The number of amides is 3. The predicted octanol–water partition coefficient (Wildman–Crippen LogP) is 3.99. The molecule has 35 heavy (non-hydrogen) atoms. The summed E-state index contributed by atoms with van der Waals surface area (Å²) in [5.74, 6) is 5.06. The van der Waals surface area contributed by atoms with Gasteiger partial charge in [0.1, 0.15) is 5.82 Å². The van der Waals surface area contributed by atoms with Crippen LogP contribution in [0, 0.1) is 18.8 Å². The standard InChI is InChI=1S/C23H21F3N6O2S/c1-14-3-4-16(20(33)31-19-12-17(7-10-28-19)23(24,25)26)11-15(14)5-6-18-13-30-22(35-18)32-21(34)29-9-2-8-27/h3-4,7,10-13H,2,8-9,27H2,1H3,(H,28,31,33)(H2,29,30,32,34). The number of halogens is 3. The molecule has 182 valence electrons. The van der Waals surface area contributed by atoms with Crippen LogP contribution < -0.4 is 21.7 Å². The van der Waals surface area contributed by atoms with Gasteiger partial charge in [-0.3, -0.25) is 10.1 Å². The maximum atomic E-state index is 12.9. The number of alkyl halides is 3. The van der Waals surface area contributed by atoms with Crippen LogP contribution in [0.1, 0.15) is 38.3 Å². The van der Waals surface area contributed by atoms with Crippen LogP contribution in [0.25, 0.3) is 0 Å². The number of nitrogens with two attached hydrogens (primary N) is 1. The molecule has 3 aromatic rings. The van der Waals surface area contributed by atoms with E-state index in [9.17, 15) is 22.8 Å². The summed E-state index contributed by atoms with van der Waals surface area (Å²) in [4.78, 5) is 32.8. The number of rotatable bonds is 6. The van der Waals surface area contributed by atoms with Crippen molar-refractivity contribution in [2.45, 2.75) is 19.5 Å². The maximum Gasteiger partial charge on any atom is 0.416 e. The highest BCUT2D eigenvalue weighted by Crippen LogP contribution is 2.30. The SMILES string of the molecule is Cc1ccc(C(=O)Nc2cc(C(F)(F)F)ccn2)cc1C#Cc1cnc(NC(=O)NCCCN)s1. The molecule has 0 atom stereocenters. The maximum absolute atomic E-state index is 12.9. The number of pyridine rings is 1. The molecule has 0 aliphatic rings. The van der Waals surface area contributed by atoms with Gasteiger partial charge in [-0.2, -0.15) is 13.2 Å². The van der Waals surface area contributed by atoms with Crippen LogP contribution in [0.15, 0.2) is 42.7 Å². The van der Waals surface area contributed by atoms with Gasteiger partial charge in [-0.1, -0.05) is 23.3 Å². The Morgan fingerprint density at radius 2 is 1.91 bits per heavy atom. The number of nitrogens with one attached hydrogen (secondary N) is 3. The van der Waals surface area contributed by atoms with Crippen molar-refractivity contribution < 1.29 is 22.8 Å². The van der Waals surface area contributed by atoms with Gasteiger partial charge in [0, 0.05) is 23.9 Å². The molecule has 0 aliphatic heterocycles. The monoisotopic (exact) mass is 502 g/mol. The van der Waals surface area contributed by atoms with Crippen LogP contribution in [0.4, 0.5) is 28.9 Å². The highest BCUT2D eigenvalue weighted by atomic mass is 32.1. The Balaban J connectivity index is 1.69. The summed E-state index contributed by atoms with van der Waals surface area (Å²) in [5.41, 5.74) is 6.03. The first-order valence-corrected chi connectivity index (χ1v) is 11.2. The Bertz CT molecular complexity index is 1280. The average Bonchev–Trinajstić information content (AvgIpc) is 3.25. The lowest BCUT2D eigenvalue weighted by Gasteiger charge is -2.09. The van der Waals surface area contributed by atoms with E-state index in [0.29, 0.717) is 35.1 Å². The summed E-state index contributed by atoms with van der Waals surface area (Å²) in [5, 5.41) is 8.01. The van der Waals surface area contributed by atoms with Crippen LogP contribution in [-0.2, 0) is 6.18 Å². The van der Waals surface area contributed by atoms with Crippen molar-refractivity contribution in [3.8, 4) is 11.8 Å². The summed E-state index contributed by atoms with van der Waals surface area (Å²) in [6, 6.07) is 5.96. The van der Waals surface area contributed by atoms with Gasteiger partial charge in [-0.25, -0.2) is 14.8 Å². The first-order chi connectivity index (χ1) is 16.7. The number of benzene rings is 1. The fourth-order valence-electron chi connectivity index (χ4n) is 2.73. The van der Waals surface area contributed by atoms with Crippen LogP contribution >= 0.6 is 11.3 Å². The Morgan fingerprint density at radius 1 is 1.11 bits per heavy atom. The fourth-order valence-corrected chi connectivity index (χ4v) is 3.39. The molecule has 0 radical (unpaired) electrons. The molecule has 12 heteroatoms. The van der Waals surface area contributed by atoms with Gasteiger partial charge < -0.3 is 16.4 Å². The Morgan fingerprint density at radius 3 is 2.66 bits per heavy atom. The summed E-state index contributed by atoms with van der Waals surface area (Å²) < 4.78 is 38.7. The molecule has 0 aliphatic carbocycles. The topological polar surface area (TPSA) is 122 Å². The average molecular weight is 503 g/mol. The van der Waals surface area contributed by atoms with E-state index in [2.05, 4.69) is 37.8 Å². The minimum atomic E-state index is -4.55. The first kappa shape index (κ1) is 25.7. The minimum Gasteiger partial charge on any atom is -0.338 e. The Kier molecular flexibility index (Phi) is 8.40. The van der Waals surface area contributed by atoms with Gasteiger partial charge in [-0.05, 0) is 55.6 Å². The zero-order valence-corrected chi connectivity index (χ0v) is 19.3. The van der Waals surface area contributed by atoms with Crippen LogP contribution in [0.2, 0.25) is 0 Å². The van der Waals surface area contributed by atoms with Crippen molar-refractivity contribution in [2.24, 2.45) is 5.73 Å². The van der Waals surface area contributed by atoms with E-state index in [0.717, 1.165) is 23.9 Å². The predicted molar refractivity (Wildman–Crippen MR) is 127 cm³/mol. The van der Waals surface area contributed by atoms with E-state index in [4.69, 9.17) is 5.73 Å². The molecule has 0 bridgehead atoms. The molecule has 0 unspecified atom stereocenters. The zero-order valence-electron chi connectivity index (χ0n) is 18.5. The van der Waals surface area contributed by atoms with Gasteiger partial charge in [-0.15, -0.1) is 0 Å². The second-order valence-electron chi connectivity index (χ2n) is 7.21. The molecule has 0 spiro atoms. The van der Waals surface area contributed by atoms with Gasteiger partial charge in [0.25, 0.3) is 5.91 Å². The lowest BCUT2D eigenvalue weighted by Crippen LogP contribution is -2.30. The number of carbonyl (C=O) groups excluding carboxylic acids is 2.